The maximum absolute atomic E-state index is 15.1. The Bertz CT molecular complexity index is 2130. The van der Waals surface area contributed by atoms with Crippen LogP contribution < -0.4 is 0 Å². The van der Waals surface area contributed by atoms with Gasteiger partial charge < -0.3 is 39.3 Å². The first-order valence-corrected chi connectivity index (χ1v) is 27.0. The number of aryl methyl sites for hydroxylation is 2. The third-order valence-electron chi connectivity index (χ3n) is 14.5. The lowest BCUT2D eigenvalue weighted by Crippen LogP contribution is -2.43. The van der Waals surface area contributed by atoms with Crippen molar-refractivity contribution >= 4 is 36.1 Å². The molecule has 3 N–H and O–H groups in total. The van der Waals surface area contributed by atoms with Crippen molar-refractivity contribution in [3.05, 3.63) is 69.8 Å². The number of carbonyl (C=O) groups excluding carboxylic acids is 3. The fraction of sp³-hybridized carbons (Fsp3) is 0.679. The minimum Gasteiger partial charge on any atom is -0.480 e. The molecule has 0 aliphatic heterocycles. The SMILES string of the molecule is CCCCCCCCCCc1ccc(CN(C(=O)OCC)C2CCC(C(=O)O)(C(=O)O)C2)c(F)c1F.CCCCCCCCCCc1ccc(CN(C(=O)OCC)C2CCC(C(=O)O)(C(=O)OCC)C2)c(F)c1F. The van der Waals surface area contributed by atoms with Crippen molar-refractivity contribution in [1.29, 1.82) is 0 Å². The molecule has 14 nitrogen and oxygen atoms in total. The fourth-order valence-corrected chi connectivity index (χ4v) is 10.0. The maximum Gasteiger partial charge on any atom is 0.410 e. The molecule has 2 aliphatic rings. The number of carbonyl (C=O) groups is 6. The Hall–Kier alpha value is -5.42. The molecule has 2 amide bonds. The molecule has 3 unspecified atom stereocenters. The van der Waals surface area contributed by atoms with Crippen molar-refractivity contribution < 1.29 is 75.9 Å². The van der Waals surface area contributed by atoms with Gasteiger partial charge in [0.05, 0.1) is 32.9 Å². The van der Waals surface area contributed by atoms with Crippen LogP contribution in [0.4, 0.5) is 27.2 Å². The van der Waals surface area contributed by atoms with E-state index in [0.29, 0.717) is 18.4 Å². The fourth-order valence-electron chi connectivity index (χ4n) is 10.0. The van der Waals surface area contributed by atoms with Crippen molar-refractivity contribution in [2.24, 2.45) is 10.8 Å². The molecule has 2 fully saturated rings. The molecule has 0 bridgehead atoms. The molecule has 2 aliphatic carbocycles. The average molecular weight is 1050 g/mol. The predicted octanol–water partition coefficient (Wildman–Crippen LogP) is 13.1. The largest absolute Gasteiger partial charge is 0.480 e. The van der Waals surface area contributed by atoms with E-state index in [1.807, 2.05) is 0 Å². The molecular formula is C56H82F4N2O12. The van der Waals surface area contributed by atoms with Crippen molar-refractivity contribution in [2.45, 2.75) is 214 Å². The van der Waals surface area contributed by atoms with Gasteiger partial charge in [-0.3, -0.25) is 19.2 Å². The summed E-state index contributed by atoms with van der Waals surface area (Å²) in [4.78, 5) is 75.6. The number of ether oxygens (including phenoxy) is 3. The number of nitrogens with zero attached hydrogens (tertiary/aromatic N) is 2. The highest BCUT2D eigenvalue weighted by Crippen LogP contribution is 2.44. The van der Waals surface area contributed by atoms with Gasteiger partial charge in [0.1, 0.15) is 0 Å². The van der Waals surface area contributed by atoms with Crippen molar-refractivity contribution in [3.8, 4) is 0 Å². The third kappa shape index (κ3) is 17.6. The van der Waals surface area contributed by atoms with Gasteiger partial charge in [0.15, 0.2) is 34.1 Å². The zero-order valence-electron chi connectivity index (χ0n) is 44.4. The van der Waals surface area contributed by atoms with E-state index in [9.17, 15) is 57.3 Å². The molecule has 3 atom stereocenters. The first-order chi connectivity index (χ1) is 35.4. The third-order valence-corrected chi connectivity index (χ3v) is 14.5. The number of carboxylic acids is 3. The second-order valence-corrected chi connectivity index (χ2v) is 19.7. The molecule has 416 valence electrons. The van der Waals surface area contributed by atoms with Gasteiger partial charge in [0.2, 0.25) is 0 Å². The number of rotatable bonds is 31. The molecule has 2 aromatic carbocycles. The van der Waals surface area contributed by atoms with Gasteiger partial charge in [-0.05, 0) is 96.1 Å². The van der Waals surface area contributed by atoms with E-state index < -0.39 is 82.2 Å². The van der Waals surface area contributed by atoms with Gasteiger partial charge in [-0.2, -0.15) is 0 Å². The highest BCUT2D eigenvalue weighted by molar-refractivity contribution is 6.00. The molecule has 0 spiro atoms. The minimum absolute atomic E-state index is 0.0237. The Balaban J connectivity index is 0.000000391. The highest BCUT2D eigenvalue weighted by atomic mass is 19.2. The molecule has 0 saturated heterocycles. The monoisotopic (exact) mass is 1050 g/mol. The van der Waals surface area contributed by atoms with E-state index >= 15 is 4.39 Å². The van der Waals surface area contributed by atoms with Crippen LogP contribution in [0.15, 0.2) is 24.3 Å². The van der Waals surface area contributed by atoms with Crippen LogP contribution in [-0.2, 0) is 59.3 Å². The van der Waals surface area contributed by atoms with Gasteiger partial charge in [0, 0.05) is 23.2 Å². The summed E-state index contributed by atoms with van der Waals surface area (Å²) in [5, 5.41) is 28.8. The molecule has 2 saturated carbocycles. The van der Waals surface area contributed by atoms with Crippen LogP contribution in [0.5, 0.6) is 0 Å². The maximum atomic E-state index is 15.1. The second-order valence-electron chi connectivity index (χ2n) is 19.7. The van der Waals surface area contributed by atoms with E-state index in [4.69, 9.17) is 14.2 Å². The molecule has 18 heteroatoms. The number of aliphatic carboxylic acids is 3. The summed E-state index contributed by atoms with van der Waals surface area (Å²) >= 11 is 0. The van der Waals surface area contributed by atoms with E-state index in [-0.39, 0.29) is 88.1 Å². The summed E-state index contributed by atoms with van der Waals surface area (Å²) in [5.74, 6) is -9.10. The molecule has 0 radical (unpaired) electrons. The Labute approximate surface area is 434 Å². The number of unbranched alkanes of at least 4 members (excludes halogenated alkanes) is 14. The molecule has 74 heavy (non-hydrogen) atoms. The Kier molecular flexibility index (Phi) is 27.3. The molecule has 0 heterocycles. The van der Waals surface area contributed by atoms with Crippen molar-refractivity contribution in [1.82, 2.24) is 9.80 Å². The minimum atomic E-state index is -2.03. The summed E-state index contributed by atoms with van der Waals surface area (Å²) in [7, 11) is 0. The molecular weight excluding hydrogens is 969 g/mol. The summed E-state index contributed by atoms with van der Waals surface area (Å²) in [5.41, 5.74) is -3.34. The van der Waals surface area contributed by atoms with Crippen molar-refractivity contribution in [2.75, 3.05) is 19.8 Å². The van der Waals surface area contributed by atoms with Gasteiger partial charge in [-0.15, -0.1) is 0 Å². The van der Waals surface area contributed by atoms with E-state index in [1.54, 1.807) is 26.8 Å². The number of amides is 2. The molecule has 0 aromatic heterocycles. The number of hydrogen-bond donors (Lipinski definition) is 3. The Morgan fingerprint density at radius 1 is 0.473 bits per heavy atom. The number of carboxylic acid groups (broad SMARTS) is 3. The Morgan fingerprint density at radius 3 is 1.12 bits per heavy atom. The van der Waals surface area contributed by atoms with Crippen molar-refractivity contribution in [3.63, 3.8) is 0 Å². The lowest BCUT2D eigenvalue weighted by molar-refractivity contribution is -0.169. The zero-order chi connectivity index (χ0) is 54.8. The lowest BCUT2D eigenvalue weighted by Gasteiger charge is -2.30. The van der Waals surface area contributed by atoms with Gasteiger partial charge in [-0.1, -0.05) is 128 Å². The average Bonchev–Trinajstić information content (AvgIpc) is 4.04. The van der Waals surface area contributed by atoms with Crippen LogP contribution in [0, 0.1) is 34.1 Å². The second kappa shape index (κ2) is 32.1. The lowest BCUT2D eigenvalue weighted by atomic mass is 9.86. The highest BCUT2D eigenvalue weighted by Gasteiger charge is 2.56. The molecule has 4 rings (SSSR count). The standard InChI is InChI=1S/C29H43F2NO6.C27H39F2NO6/c1-4-7-8-9-10-11-12-13-14-21-15-16-22(25(31)24(21)30)20-32(28(36)38-6-3)23-17-18-29(19-23,26(33)34)27(35)37-5-2;1-3-5-6-7-8-9-10-11-12-19-13-14-20(23(29)22(19)28)18-30(26(35)36-4-2)21-15-16-27(17-21,24(31)32)25(33)34/h15-16,23H,4-14,17-20H2,1-3H3,(H,33,34);13-14,21H,3-12,15-18H2,1-2H3,(H,31,32)(H,33,34). The normalized spacial score (nSPS) is 17.7. The quantitative estimate of drug-likeness (QED) is 0.0213. The van der Waals surface area contributed by atoms with Crippen LogP contribution in [0.25, 0.3) is 0 Å². The first-order valence-electron chi connectivity index (χ1n) is 27.0. The van der Waals surface area contributed by atoms with Crippen LogP contribution in [-0.4, -0.2) is 93.1 Å². The van der Waals surface area contributed by atoms with E-state index in [2.05, 4.69) is 13.8 Å². The summed E-state index contributed by atoms with van der Waals surface area (Å²) in [6, 6.07) is 4.46. The Morgan fingerprint density at radius 2 is 0.784 bits per heavy atom. The van der Waals surface area contributed by atoms with Crippen LogP contribution in [0.2, 0.25) is 0 Å². The molecule has 2 aromatic rings. The number of benzene rings is 2. The smallest absolute Gasteiger partial charge is 0.410 e. The van der Waals surface area contributed by atoms with Crippen LogP contribution in [0.3, 0.4) is 0 Å². The van der Waals surface area contributed by atoms with Gasteiger partial charge in [-0.25, -0.2) is 27.2 Å². The van der Waals surface area contributed by atoms with Crippen LogP contribution in [0.1, 0.15) is 198 Å². The summed E-state index contributed by atoms with van der Waals surface area (Å²) < 4.78 is 75.0. The number of esters is 1. The number of halogens is 4. The first kappa shape index (κ1) is 62.9. The topological polar surface area (TPSA) is 197 Å². The summed E-state index contributed by atoms with van der Waals surface area (Å²) in [6.45, 7) is 8.59. The van der Waals surface area contributed by atoms with E-state index in [0.717, 1.165) is 56.3 Å². The van der Waals surface area contributed by atoms with Gasteiger partial charge in [0.25, 0.3) is 0 Å². The van der Waals surface area contributed by atoms with E-state index in [1.165, 1.54) is 74.5 Å². The predicted molar refractivity (Wildman–Crippen MR) is 270 cm³/mol. The summed E-state index contributed by atoms with van der Waals surface area (Å²) in [6.07, 6.45) is 16.4. The van der Waals surface area contributed by atoms with Crippen LogP contribution >= 0.6 is 0 Å². The number of hydrogen-bond acceptors (Lipinski definition) is 9. The zero-order valence-corrected chi connectivity index (χ0v) is 44.4. The van der Waals surface area contributed by atoms with Gasteiger partial charge >= 0.3 is 36.1 Å².